The Hall–Kier alpha value is -2.42. The summed E-state index contributed by atoms with van der Waals surface area (Å²) in [6.45, 7) is 1.87. The Kier molecular flexibility index (Phi) is 3.53. The van der Waals surface area contributed by atoms with Gasteiger partial charge in [-0.15, -0.1) is 0 Å². The van der Waals surface area contributed by atoms with Crippen LogP contribution in [0.2, 0.25) is 0 Å². The molecule has 0 spiro atoms. The van der Waals surface area contributed by atoms with E-state index in [2.05, 4.69) is 4.99 Å². The third kappa shape index (κ3) is 2.63. The van der Waals surface area contributed by atoms with E-state index < -0.39 is 0 Å². The second-order valence-electron chi connectivity index (χ2n) is 4.00. The van der Waals surface area contributed by atoms with Crippen molar-refractivity contribution < 1.29 is 9.90 Å². The molecule has 3 heteroatoms. The first-order chi connectivity index (χ1) is 8.70. The molecule has 0 bridgehead atoms. The molecule has 0 amide bonds. The van der Waals surface area contributed by atoms with Crippen molar-refractivity contribution >= 4 is 18.2 Å². The molecule has 0 radical (unpaired) electrons. The van der Waals surface area contributed by atoms with E-state index >= 15 is 0 Å². The molecule has 2 aromatic carbocycles. The standard InChI is InChI=1S/C15H13NO2/c1-11-7-12(15(18)13(8-11)10-17)9-16-14-5-3-2-4-6-14/h2-10,18H,1H3. The first kappa shape index (κ1) is 12.0. The Balaban J connectivity index is 2.37. The third-order valence-electron chi connectivity index (χ3n) is 2.55. The van der Waals surface area contributed by atoms with Gasteiger partial charge in [0.05, 0.1) is 11.3 Å². The van der Waals surface area contributed by atoms with Crippen LogP contribution in [0.5, 0.6) is 5.75 Å². The Morgan fingerprint density at radius 3 is 2.44 bits per heavy atom. The van der Waals surface area contributed by atoms with E-state index in [0.29, 0.717) is 11.8 Å². The lowest BCUT2D eigenvalue weighted by Gasteiger charge is -2.03. The van der Waals surface area contributed by atoms with Crippen molar-refractivity contribution in [2.45, 2.75) is 6.92 Å². The predicted molar refractivity (Wildman–Crippen MR) is 71.9 cm³/mol. The molecule has 3 nitrogen and oxygen atoms in total. The molecule has 2 rings (SSSR count). The van der Waals surface area contributed by atoms with Gasteiger partial charge in [-0.3, -0.25) is 9.79 Å². The number of phenols is 1. The maximum atomic E-state index is 10.8. The van der Waals surface area contributed by atoms with Crippen molar-refractivity contribution in [2.75, 3.05) is 0 Å². The summed E-state index contributed by atoms with van der Waals surface area (Å²) < 4.78 is 0. The smallest absolute Gasteiger partial charge is 0.153 e. The van der Waals surface area contributed by atoms with Gasteiger partial charge in [0.25, 0.3) is 0 Å². The normalized spacial score (nSPS) is 10.7. The zero-order valence-corrected chi connectivity index (χ0v) is 10.00. The van der Waals surface area contributed by atoms with Crippen molar-refractivity contribution in [3.05, 3.63) is 59.2 Å². The fourth-order valence-corrected chi connectivity index (χ4v) is 1.68. The molecule has 0 fully saturated rings. The van der Waals surface area contributed by atoms with Crippen molar-refractivity contribution in [1.82, 2.24) is 0 Å². The van der Waals surface area contributed by atoms with Crippen LogP contribution in [-0.4, -0.2) is 17.6 Å². The highest BCUT2D eigenvalue weighted by Crippen LogP contribution is 2.22. The summed E-state index contributed by atoms with van der Waals surface area (Å²) in [5.41, 5.74) is 2.53. The Morgan fingerprint density at radius 2 is 1.78 bits per heavy atom. The van der Waals surface area contributed by atoms with Gasteiger partial charge in [-0.05, 0) is 36.8 Å². The second kappa shape index (κ2) is 5.27. The van der Waals surface area contributed by atoms with E-state index in [1.54, 1.807) is 18.3 Å². The number of benzene rings is 2. The average molecular weight is 239 g/mol. The summed E-state index contributed by atoms with van der Waals surface area (Å²) in [5.74, 6) is -0.0321. The maximum Gasteiger partial charge on any atom is 0.153 e. The van der Waals surface area contributed by atoms with E-state index in [1.807, 2.05) is 37.3 Å². The summed E-state index contributed by atoms with van der Waals surface area (Å²) >= 11 is 0. The first-order valence-electron chi connectivity index (χ1n) is 5.58. The zero-order chi connectivity index (χ0) is 13.0. The highest BCUT2D eigenvalue weighted by molar-refractivity contribution is 5.91. The van der Waals surface area contributed by atoms with E-state index in [4.69, 9.17) is 0 Å². The van der Waals surface area contributed by atoms with Crippen LogP contribution in [0.1, 0.15) is 21.5 Å². The lowest BCUT2D eigenvalue weighted by molar-refractivity contribution is 0.112. The molecule has 0 heterocycles. The van der Waals surface area contributed by atoms with Crippen LogP contribution in [0.15, 0.2) is 47.5 Å². The molecule has 1 N–H and O–H groups in total. The molecule has 0 aliphatic heterocycles. The molecule has 0 aliphatic carbocycles. The number of aliphatic imine (C=N–C) groups is 1. The van der Waals surface area contributed by atoms with E-state index in [9.17, 15) is 9.90 Å². The summed E-state index contributed by atoms with van der Waals surface area (Å²) in [7, 11) is 0. The topological polar surface area (TPSA) is 49.7 Å². The van der Waals surface area contributed by atoms with Gasteiger partial charge in [0, 0.05) is 11.8 Å². The number of aromatic hydroxyl groups is 1. The third-order valence-corrected chi connectivity index (χ3v) is 2.55. The fourth-order valence-electron chi connectivity index (χ4n) is 1.68. The van der Waals surface area contributed by atoms with Gasteiger partial charge in [-0.1, -0.05) is 18.2 Å². The number of hydrogen-bond acceptors (Lipinski definition) is 3. The number of hydrogen-bond donors (Lipinski definition) is 1. The monoisotopic (exact) mass is 239 g/mol. The Morgan fingerprint density at radius 1 is 1.11 bits per heavy atom. The minimum absolute atomic E-state index is 0.0321. The van der Waals surface area contributed by atoms with Crippen molar-refractivity contribution in [3.8, 4) is 5.75 Å². The van der Waals surface area contributed by atoms with Crippen molar-refractivity contribution in [3.63, 3.8) is 0 Å². The van der Waals surface area contributed by atoms with E-state index in [-0.39, 0.29) is 11.3 Å². The average Bonchev–Trinajstić information content (AvgIpc) is 2.40. The summed E-state index contributed by atoms with van der Waals surface area (Å²) in [6, 6.07) is 12.8. The van der Waals surface area contributed by atoms with Crippen LogP contribution in [0.4, 0.5) is 5.69 Å². The molecule has 2 aromatic rings. The molecule has 0 saturated heterocycles. The molecular formula is C15H13NO2. The molecule has 0 atom stereocenters. The van der Waals surface area contributed by atoms with Gasteiger partial charge < -0.3 is 5.11 Å². The van der Waals surface area contributed by atoms with Gasteiger partial charge in [0.2, 0.25) is 0 Å². The van der Waals surface area contributed by atoms with Crippen molar-refractivity contribution in [2.24, 2.45) is 4.99 Å². The number of rotatable bonds is 3. The zero-order valence-electron chi connectivity index (χ0n) is 10.00. The molecule has 0 unspecified atom stereocenters. The fraction of sp³-hybridized carbons (Fsp3) is 0.0667. The van der Waals surface area contributed by atoms with Gasteiger partial charge in [0.1, 0.15) is 5.75 Å². The highest BCUT2D eigenvalue weighted by atomic mass is 16.3. The number of aldehydes is 1. The van der Waals surface area contributed by atoms with Gasteiger partial charge in [-0.2, -0.15) is 0 Å². The lowest BCUT2D eigenvalue weighted by atomic mass is 10.1. The predicted octanol–water partition coefficient (Wildman–Crippen LogP) is 3.26. The molecule has 0 aromatic heterocycles. The number of para-hydroxylation sites is 1. The number of carbonyl (C=O) groups is 1. The molecule has 0 saturated carbocycles. The minimum Gasteiger partial charge on any atom is -0.507 e. The Labute approximate surface area is 105 Å². The number of phenolic OH excluding ortho intramolecular Hbond substituents is 1. The largest absolute Gasteiger partial charge is 0.507 e. The van der Waals surface area contributed by atoms with Gasteiger partial charge in [-0.25, -0.2) is 0 Å². The van der Waals surface area contributed by atoms with Gasteiger partial charge in [0.15, 0.2) is 6.29 Å². The van der Waals surface area contributed by atoms with Crippen LogP contribution in [0, 0.1) is 6.92 Å². The summed E-state index contributed by atoms with van der Waals surface area (Å²) in [5, 5.41) is 9.87. The number of aryl methyl sites for hydroxylation is 1. The first-order valence-corrected chi connectivity index (χ1v) is 5.58. The lowest BCUT2D eigenvalue weighted by Crippen LogP contribution is -1.90. The van der Waals surface area contributed by atoms with Crippen LogP contribution < -0.4 is 0 Å². The number of nitrogens with zero attached hydrogens (tertiary/aromatic N) is 1. The molecule has 18 heavy (non-hydrogen) atoms. The van der Waals surface area contributed by atoms with Gasteiger partial charge >= 0.3 is 0 Å². The summed E-state index contributed by atoms with van der Waals surface area (Å²) in [6.07, 6.45) is 2.20. The van der Waals surface area contributed by atoms with Crippen LogP contribution >= 0.6 is 0 Å². The molecular weight excluding hydrogens is 226 g/mol. The maximum absolute atomic E-state index is 10.8. The minimum atomic E-state index is -0.0321. The quantitative estimate of drug-likeness (QED) is 0.660. The van der Waals surface area contributed by atoms with Crippen LogP contribution in [0.25, 0.3) is 0 Å². The second-order valence-corrected chi connectivity index (χ2v) is 4.00. The molecule has 0 aliphatic rings. The van der Waals surface area contributed by atoms with Crippen LogP contribution in [0.3, 0.4) is 0 Å². The Bertz CT molecular complexity index is 589. The number of carbonyl (C=O) groups excluding carboxylic acids is 1. The van der Waals surface area contributed by atoms with Crippen molar-refractivity contribution in [1.29, 1.82) is 0 Å². The SMILES string of the molecule is Cc1cc(C=O)c(O)c(C=Nc2ccccc2)c1. The van der Waals surface area contributed by atoms with E-state index in [0.717, 1.165) is 11.3 Å². The van der Waals surface area contributed by atoms with E-state index in [1.165, 1.54) is 0 Å². The summed E-state index contributed by atoms with van der Waals surface area (Å²) in [4.78, 5) is 15.1. The highest BCUT2D eigenvalue weighted by Gasteiger charge is 2.06. The molecule has 90 valence electrons. The van der Waals surface area contributed by atoms with Crippen LogP contribution in [-0.2, 0) is 0 Å².